The van der Waals surface area contributed by atoms with Crippen molar-refractivity contribution in [1.82, 2.24) is 0 Å². The zero-order valence-corrected chi connectivity index (χ0v) is 44.3. The molecule has 1 heterocycles. The molecule has 0 N–H and O–H groups in total. The first-order chi connectivity index (χ1) is 31.6. The van der Waals surface area contributed by atoms with Crippen LogP contribution in [0.1, 0.15) is 0 Å². The third-order valence-electron chi connectivity index (χ3n) is 12.3. The fourth-order valence-corrected chi connectivity index (χ4v) is 93.3. The van der Waals surface area contributed by atoms with Gasteiger partial charge < -0.3 is 0 Å². The summed E-state index contributed by atoms with van der Waals surface area (Å²) in [7, 11) is -10.8. The predicted molar refractivity (Wildman–Crippen MR) is 274 cm³/mol. The van der Waals surface area contributed by atoms with E-state index in [2.05, 4.69) is 273 Å². The molecule has 4 nitrogen and oxygen atoms in total. The first kappa shape index (κ1) is 43.0. The van der Waals surface area contributed by atoms with Gasteiger partial charge in [-0.15, -0.1) is 0 Å². The van der Waals surface area contributed by atoms with Gasteiger partial charge in [-0.05, 0) is 0 Å². The molecular weight excluding hydrogens is 1050 g/mol. The molecule has 0 spiro atoms. The van der Waals surface area contributed by atoms with Gasteiger partial charge in [0.2, 0.25) is 0 Å². The van der Waals surface area contributed by atoms with Crippen LogP contribution in [0.3, 0.4) is 0 Å². The van der Waals surface area contributed by atoms with Crippen molar-refractivity contribution >= 4 is 104 Å². The van der Waals surface area contributed by atoms with Crippen LogP contribution in [-0.2, 0) is 13.8 Å². The van der Waals surface area contributed by atoms with Crippen LogP contribution in [-0.4, -0.2) is 64.0 Å². The van der Waals surface area contributed by atoms with Crippen LogP contribution < -0.4 is 40.3 Å². The number of rotatable bonds is 9. The molecule has 312 valence electrons. The zero-order chi connectivity index (χ0) is 43.1. The van der Waals surface area contributed by atoms with Crippen LogP contribution in [0, 0.1) is 0 Å². The van der Waals surface area contributed by atoms with Crippen LogP contribution in [0.5, 0.6) is 0 Å². The standard InChI is InChI=1S/C30H26O4Si3.4C6H5.CH2.2Sn/c31-35(26-16-6-1-7-17-26)33-37(29-22-12-4-13-23-29,30-24-14-5-15-25-30)34-36(32,27-18-8-2-9-19-27)28-20-10-3-11-21-28;4*1-2-4-6-5-3-1;;;/h1-25,35H;4*1-5H;1H2;;/q-2;;;;;;2*+1. The summed E-state index contributed by atoms with van der Waals surface area (Å²) < 4.78 is 40.2. The van der Waals surface area contributed by atoms with Crippen LogP contribution >= 0.6 is 0 Å². The van der Waals surface area contributed by atoms with Gasteiger partial charge >= 0.3 is 393 Å². The van der Waals surface area contributed by atoms with Gasteiger partial charge in [-0.25, -0.2) is 0 Å². The SMILES string of the molecule is c1ccc([SiH]2O[Si](c3ccccc3)(c3ccccc3)O[Si](c3ccccc3)(c3ccccc3)[O][Sn]([c]3ccccc3)([c]3ccccc3)[CH2][Sn]([c]3ccccc3)([c]3ccccc3)[O]2)cc1. The van der Waals surface area contributed by atoms with E-state index < -0.39 is 64.0 Å². The molecule has 1 unspecified atom stereocenters. The van der Waals surface area contributed by atoms with Gasteiger partial charge in [0, 0.05) is 0 Å². The van der Waals surface area contributed by atoms with Gasteiger partial charge in [0.05, 0.1) is 0 Å². The summed E-state index contributed by atoms with van der Waals surface area (Å²) in [5.41, 5.74) is 0. The van der Waals surface area contributed by atoms with E-state index in [-0.39, 0.29) is 0 Å². The van der Waals surface area contributed by atoms with Crippen LogP contribution in [0.25, 0.3) is 0 Å². The first-order valence-electron chi connectivity index (χ1n) is 21.9. The molecule has 0 amide bonds. The van der Waals surface area contributed by atoms with Crippen molar-refractivity contribution in [3.8, 4) is 0 Å². The van der Waals surface area contributed by atoms with Crippen molar-refractivity contribution in [3.05, 3.63) is 273 Å². The molecule has 1 atom stereocenters. The van der Waals surface area contributed by atoms with Crippen molar-refractivity contribution in [2.24, 2.45) is 0 Å². The quantitative estimate of drug-likeness (QED) is 0.173. The molecule has 0 bridgehead atoms. The Morgan fingerprint density at radius 2 is 0.594 bits per heavy atom. The van der Waals surface area contributed by atoms with Crippen LogP contribution in [0.4, 0.5) is 0 Å². The van der Waals surface area contributed by atoms with Crippen molar-refractivity contribution in [2.75, 3.05) is 0 Å². The van der Waals surface area contributed by atoms with Gasteiger partial charge in [0.25, 0.3) is 0 Å². The zero-order valence-electron chi connectivity index (χ0n) is 35.4. The second kappa shape index (κ2) is 19.3. The number of benzene rings is 9. The minimum atomic E-state index is -4.84. The maximum atomic E-state index is 8.95. The summed E-state index contributed by atoms with van der Waals surface area (Å²) >= 11 is -9.52. The fraction of sp³-hybridized carbons (Fsp3) is 0.0182. The Labute approximate surface area is 390 Å². The Morgan fingerprint density at radius 3 is 0.938 bits per heavy atom. The third-order valence-corrected chi connectivity index (χ3v) is 70.5. The second-order valence-corrected chi connectivity index (χ2v) is 52.1. The minimum absolute atomic E-state index is 0.758. The van der Waals surface area contributed by atoms with E-state index >= 15 is 0 Å². The van der Waals surface area contributed by atoms with Gasteiger partial charge in [0.1, 0.15) is 0 Å². The summed E-state index contributed by atoms with van der Waals surface area (Å²) in [5, 5.41) is 5.18. The molecule has 9 heteroatoms. The Hall–Kier alpha value is -4.93. The van der Waals surface area contributed by atoms with Crippen molar-refractivity contribution in [3.63, 3.8) is 0 Å². The Kier molecular flexibility index (Phi) is 12.9. The molecule has 1 aliphatic heterocycles. The molecule has 0 aromatic heterocycles. The van der Waals surface area contributed by atoms with Gasteiger partial charge in [0.15, 0.2) is 0 Å². The molecule has 1 aliphatic rings. The molecule has 0 radical (unpaired) electrons. The summed E-state index contributed by atoms with van der Waals surface area (Å²) in [4.78, 5) is 0. The molecule has 0 aliphatic carbocycles. The summed E-state index contributed by atoms with van der Waals surface area (Å²) in [6, 6.07) is 98.5. The number of hydrogen-bond donors (Lipinski definition) is 0. The van der Waals surface area contributed by atoms with Crippen molar-refractivity contribution in [2.45, 2.75) is 2.45 Å². The monoisotopic (exact) mass is 1100 g/mol. The second-order valence-electron chi connectivity index (χ2n) is 16.2. The average molecular weight is 1090 g/mol. The van der Waals surface area contributed by atoms with E-state index in [0.29, 0.717) is 0 Å². The van der Waals surface area contributed by atoms with Crippen LogP contribution in [0.2, 0.25) is 2.45 Å². The average Bonchev–Trinajstić information content (AvgIpc) is 3.39. The van der Waals surface area contributed by atoms with E-state index in [1.54, 1.807) is 0 Å². The molecule has 1 fully saturated rings. The van der Waals surface area contributed by atoms with Gasteiger partial charge in [-0.2, -0.15) is 0 Å². The summed E-state index contributed by atoms with van der Waals surface area (Å²) in [6.45, 7) is 0. The summed E-state index contributed by atoms with van der Waals surface area (Å²) in [5.74, 6) is 0. The van der Waals surface area contributed by atoms with Crippen LogP contribution in [0.15, 0.2) is 273 Å². The van der Waals surface area contributed by atoms with E-state index in [1.165, 1.54) is 14.3 Å². The molecular formula is C55H48O4Si3Sn2. The van der Waals surface area contributed by atoms with Crippen molar-refractivity contribution < 1.29 is 13.8 Å². The molecule has 0 saturated carbocycles. The normalized spacial score (nSPS) is 17.7. The van der Waals surface area contributed by atoms with Gasteiger partial charge in [-0.3, -0.25) is 0 Å². The van der Waals surface area contributed by atoms with E-state index in [0.717, 1.165) is 28.4 Å². The van der Waals surface area contributed by atoms with E-state index in [4.69, 9.17) is 13.8 Å². The Balaban J connectivity index is 1.43. The maximum absolute atomic E-state index is 8.95. The van der Waals surface area contributed by atoms with E-state index in [9.17, 15) is 0 Å². The molecule has 9 aromatic carbocycles. The Bertz CT molecular complexity index is 2520. The molecule has 1 saturated heterocycles. The van der Waals surface area contributed by atoms with Gasteiger partial charge in [-0.1, -0.05) is 0 Å². The third kappa shape index (κ3) is 8.29. The molecule has 10 rings (SSSR count). The number of hydrogen-bond acceptors (Lipinski definition) is 4. The molecule has 9 aromatic rings. The van der Waals surface area contributed by atoms with E-state index in [1.807, 2.05) is 0 Å². The topological polar surface area (TPSA) is 36.9 Å². The van der Waals surface area contributed by atoms with Crippen molar-refractivity contribution in [1.29, 1.82) is 0 Å². The predicted octanol–water partition coefficient (Wildman–Crippen LogP) is 5.77. The Morgan fingerprint density at radius 1 is 0.312 bits per heavy atom. The molecule has 64 heavy (non-hydrogen) atoms. The summed E-state index contributed by atoms with van der Waals surface area (Å²) in [6.07, 6.45) is 0. The first-order valence-corrected chi connectivity index (χ1v) is 39.1. The fourth-order valence-electron chi connectivity index (χ4n) is 9.30.